The maximum absolute atomic E-state index is 5.31. The molecule has 1 heterocycles. The molecule has 1 aromatic heterocycles. The molecule has 0 amide bonds. The minimum Gasteiger partial charge on any atom is -0.493 e. The summed E-state index contributed by atoms with van der Waals surface area (Å²) in [5.74, 6) is 1.38. The van der Waals surface area contributed by atoms with Crippen LogP contribution < -0.4 is 14.9 Å². The predicted molar refractivity (Wildman–Crippen MR) is 106 cm³/mol. The molecular formula is C20H19N3O2S. The molecule has 0 bridgehead atoms. The summed E-state index contributed by atoms with van der Waals surface area (Å²) in [6.07, 6.45) is 3.85. The number of anilines is 1. The van der Waals surface area contributed by atoms with Crippen LogP contribution in [0, 0.1) is 0 Å². The molecule has 0 spiro atoms. The van der Waals surface area contributed by atoms with Crippen molar-refractivity contribution in [2.75, 3.05) is 19.6 Å². The van der Waals surface area contributed by atoms with Crippen LogP contribution in [0.2, 0.25) is 0 Å². The lowest BCUT2D eigenvalue weighted by atomic mass is 9.94. The van der Waals surface area contributed by atoms with E-state index in [1.807, 2.05) is 18.2 Å². The summed E-state index contributed by atoms with van der Waals surface area (Å²) < 4.78 is 10.6. The summed E-state index contributed by atoms with van der Waals surface area (Å²) in [4.78, 5) is 6.05. The van der Waals surface area contributed by atoms with E-state index in [1.165, 1.54) is 16.0 Å². The highest BCUT2D eigenvalue weighted by Crippen LogP contribution is 2.37. The van der Waals surface area contributed by atoms with Gasteiger partial charge in [0, 0.05) is 10.4 Å². The minimum absolute atomic E-state index is 0.678. The summed E-state index contributed by atoms with van der Waals surface area (Å²) in [5, 5.41) is 5.13. The van der Waals surface area contributed by atoms with E-state index in [0.717, 1.165) is 29.2 Å². The van der Waals surface area contributed by atoms with Gasteiger partial charge >= 0.3 is 0 Å². The number of ether oxygens (including phenoxy) is 2. The van der Waals surface area contributed by atoms with Crippen LogP contribution in [-0.4, -0.2) is 25.4 Å². The summed E-state index contributed by atoms with van der Waals surface area (Å²) in [6.45, 7) is 0. The van der Waals surface area contributed by atoms with Gasteiger partial charge in [0.25, 0.3) is 0 Å². The zero-order chi connectivity index (χ0) is 17.9. The van der Waals surface area contributed by atoms with Crippen molar-refractivity contribution in [3.63, 3.8) is 0 Å². The highest BCUT2D eigenvalue weighted by Gasteiger charge is 2.20. The number of aromatic nitrogens is 1. The predicted octanol–water partition coefficient (Wildman–Crippen LogP) is 4.37. The molecule has 0 saturated carbocycles. The number of methoxy groups -OCH3 is 2. The van der Waals surface area contributed by atoms with E-state index >= 15 is 0 Å². The fourth-order valence-electron chi connectivity index (χ4n) is 3.09. The van der Waals surface area contributed by atoms with Gasteiger partial charge in [0.1, 0.15) is 0 Å². The number of thiazole rings is 1. The number of hydrazone groups is 1. The van der Waals surface area contributed by atoms with Crippen molar-refractivity contribution in [1.29, 1.82) is 0 Å². The Kier molecular flexibility index (Phi) is 4.58. The van der Waals surface area contributed by atoms with Crippen LogP contribution in [-0.2, 0) is 12.8 Å². The normalized spacial score (nSPS) is 12.5. The van der Waals surface area contributed by atoms with Crippen LogP contribution >= 0.6 is 11.3 Å². The largest absolute Gasteiger partial charge is 0.493 e. The first-order valence-corrected chi connectivity index (χ1v) is 9.19. The van der Waals surface area contributed by atoms with E-state index < -0.39 is 0 Å². The third kappa shape index (κ3) is 3.15. The second kappa shape index (κ2) is 7.17. The first kappa shape index (κ1) is 16.6. The van der Waals surface area contributed by atoms with Crippen LogP contribution in [0.1, 0.15) is 16.0 Å². The SMILES string of the molecule is COc1ccc(/C=N/Nc2nc3c(s2)CCc2ccccc2-3)cc1OC. The van der Waals surface area contributed by atoms with Gasteiger partial charge in [0.2, 0.25) is 5.13 Å². The van der Waals surface area contributed by atoms with Gasteiger partial charge in [-0.2, -0.15) is 5.10 Å². The van der Waals surface area contributed by atoms with E-state index in [4.69, 9.17) is 14.5 Å². The zero-order valence-electron chi connectivity index (χ0n) is 14.7. The molecule has 4 rings (SSSR count). The topological polar surface area (TPSA) is 55.7 Å². The van der Waals surface area contributed by atoms with E-state index in [9.17, 15) is 0 Å². The summed E-state index contributed by atoms with van der Waals surface area (Å²) in [7, 11) is 3.24. The number of hydrogen-bond acceptors (Lipinski definition) is 6. The zero-order valence-corrected chi connectivity index (χ0v) is 15.5. The van der Waals surface area contributed by atoms with Crippen LogP contribution in [0.4, 0.5) is 5.13 Å². The number of nitrogens with one attached hydrogen (secondary N) is 1. The third-order valence-corrected chi connectivity index (χ3v) is 5.39. The number of hydrogen-bond donors (Lipinski definition) is 1. The maximum Gasteiger partial charge on any atom is 0.204 e. The Morgan fingerprint density at radius 2 is 1.92 bits per heavy atom. The Morgan fingerprint density at radius 1 is 1.08 bits per heavy atom. The van der Waals surface area contributed by atoms with Crippen molar-refractivity contribution in [1.82, 2.24) is 4.98 Å². The van der Waals surface area contributed by atoms with Crippen molar-refractivity contribution in [3.8, 4) is 22.8 Å². The lowest BCUT2D eigenvalue weighted by Crippen LogP contribution is -2.01. The van der Waals surface area contributed by atoms with Crippen molar-refractivity contribution >= 4 is 22.7 Å². The Balaban J connectivity index is 1.51. The molecule has 3 aromatic rings. The molecule has 1 aliphatic rings. The van der Waals surface area contributed by atoms with Crippen LogP contribution in [0.15, 0.2) is 47.6 Å². The van der Waals surface area contributed by atoms with Gasteiger partial charge in [-0.3, -0.25) is 5.43 Å². The quantitative estimate of drug-likeness (QED) is 0.539. The highest BCUT2D eigenvalue weighted by atomic mass is 32.1. The monoisotopic (exact) mass is 365 g/mol. The lowest BCUT2D eigenvalue weighted by Gasteiger charge is -2.13. The molecule has 0 saturated heterocycles. The van der Waals surface area contributed by atoms with Crippen LogP contribution in [0.3, 0.4) is 0 Å². The van der Waals surface area contributed by atoms with E-state index in [0.29, 0.717) is 11.5 Å². The standard InChI is InChI=1S/C20H19N3O2S/c1-24-16-9-7-13(11-17(16)25-2)12-21-23-20-22-19-15-6-4-3-5-14(15)8-10-18(19)26-20/h3-7,9,11-12H,8,10H2,1-2H3,(H,22,23)/b21-12+. The fraction of sp³-hybridized carbons (Fsp3) is 0.200. The summed E-state index contributed by atoms with van der Waals surface area (Å²) in [6, 6.07) is 14.1. The van der Waals surface area contributed by atoms with Gasteiger partial charge in [-0.05, 0) is 42.2 Å². The van der Waals surface area contributed by atoms with Gasteiger partial charge in [-0.15, -0.1) is 0 Å². The number of nitrogens with zero attached hydrogens (tertiary/aromatic N) is 2. The van der Waals surface area contributed by atoms with E-state index in [1.54, 1.807) is 31.8 Å². The first-order valence-electron chi connectivity index (χ1n) is 8.37. The first-order chi connectivity index (χ1) is 12.8. The fourth-order valence-corrected chi connectivity index (χ4v) is 4.02. The Hall–Kier alpha value is -2.86. The van der Waals surface area contributed by atoms with Crippen molar-refractivity contribution < 1.29 is 9.47 Å². The highest BCUT2D eigenvalue weighted by molar-refractivity contribution is 7.16. The Bertz CT molecular complexity index is 965. The molecule has 6 heteroatoms. The molecular weight excluding hydrogens is 346 g/mol. The average Bonchev–Trinajstić information content (AvgIpc) is 3.11. The molecule has 1 aliphatic carbocycles. The molecule has 0 atom stereocenters. The number of benzene rings is 2. The van der Waals surface area contributed by atoms with Crippen LogP contribution in [0.5, 0.6) is 11.5 Å². The molecule has 0 radical (unpaired) electrons. The Morgan fingerprint density at radius 3 is 2.77 bits per heavy atom. The third-order valence-electron chi connectivity index (χ3n) is 4.37. The second-order valence-corrected chi connectivity index (χ2v) is 7.02. The second-order valence-electron chi connectivity index (χ2n) is 5.93. The molecule has 26 heavy (non-hydrogen) atoms. The van der Waals surface area contributed by atoms with Gasteiger partial charge in [0.15, 0.2) is 11.5 Å². The smallest absolute Gasteiger partial charge is 0.204 e. The van der Waals surface area contributed by atoms with E-state index in [-0.39, 0.29) is 0 Å². The minimum atomic E-state index is 0.678. The Labute approximate surface area is 156 Å². The molecule has 5 nitrogen and oxygen atoms in total. The van der Waals surface area contributed by atoms with Crippen molar-refractivity contribution in [2.24, 2.45) is 5.10 Å². The van der Waals surface area contributed by atoms with Crippen molar-refractivity contribution in [2.45, 2.75) is 12.8 Å². The van der Waals surface area contributed by atoms with E-state index in [2.05, 4.69) is 34.8 Å². The average molecular weight is 365 g/mol. The lowest BCUT2D eigenvalue weighted by molar-refractivity contribution is 0.355. The maximum atomic E-state index is 5.31. The number of fused-ring (bicyclic) bond motifs is 3. The van der Waals surface area contributed by atoms with Gasteiger partial charge in [-0.25, -0.2) is 4.98 Å². The van der Waals surface area contributed by atoms with Crippen LogP contribution in [0.25, 0.3) is 11.3 Å². The molecule has 0 fully saturated rings. The summed E-state index contributed by atoms with van der Waals surface area (Å²) >= 11 is 1.67. The number of aryl methyl sites for hydroxylation is 2. The molecule has 132 valence electrons. The molecule has 0 unspecified atom stereocenters. The summed E-state index contributed by atoms with van der Waals surface area (Å²) in [5.41, 5.74) is 7.66. The molecule has 0 aliphatic heterocycles. The number of rotatable bonds is 5. The molecule has 2 aromatic carbocycles. The van der Waals surface area contributed by atoms with Crippen molar-refractivity contribution in [3.05, 3.63) is 58.5 Å². The van der Waals surface area contributed by atoms with Gasteiger partial charge in [0.05, 0.1) is 26.1 Å². The van der Waals surface area contributed by atoms with Gasteiger partial charge in [-0.1, -0.05) is 35.6 Å². The molecule has 1 N–H and O–H groups in total. The van der Waals surface area contributed by atoms with Gasteiger partial charge < -0.3 is 9.47 Å².